The molecule has 1 aromatic carbocycles. The summed E-state index contributed by atoms with van der Waals surface area (Å²) in [6.07, 6.45) is 2.47. The molecule has 1 aliphatic heterocycles. The van der Waals surface area contributed by atoms with Crippen LogP contribution in [0.25, 0.3) is 0 Å². The molecule has 102 valence electrons. The zero-order valence-corrected chi connectivity index (χ0v) is 12.3. The lowest BCUT2D eigenvalue weighted by molar-refractivity contribution is -0.128. The van der Waals surface area contributed by atoms with Gasteiger partial charge in [0.05, 0.1) is 0 Å². The van der Waals surface area contributed by atoms with Crippen molar-refractivity contribution in [2.45, 2.75) is 25.7 Å². The van der Waals surface area contributed by atoms with Gasteiger partial charge in [-0.05, 0) is 17.7 Å². The van der Waals surface area contributed by atoms with E-state index in [9.17, 15) is 4.79 Å². The van der Waals surface area contributed by atoms with Crippen LogP contribution in [0.3, 0.4) is 0 Å². The van der Waals surface area contributed by atoms with Crippen molar-refractivity contribution in [1.82, 2.24) is 4.90 Å². The molecule has 0 bridgehead atoms. The first-order valence-electron chi connectivity index (χ1n) is 6.59. The highest BCUT2D eigenvalue weighted by atomic mass is 35.5. The van der Waals surface area contributed by atoms with E-state index in [0.717, 1.165) is 23.7 Å². The Bertz CT molecular complexity index is 495. The standard InChI is InChI=1S/C16H20ClNO/c1-4-12-8-15(19)18(10-12)11-16(2,3)13-6-5-7-14(17)9-13/h4-7,9,12H,1,8,10-11H2,2-3H3. The first kappa shape index (κ1) is 14.1. The minimum absolute atomic E-state index is 0.101. The van der Waals surface area contributed by atoms with Crippen LogP contribution in [0.1, 0.15) is 25.8 Å². The number of carbonyl (C=O) groups excluding carboxylic acids is 1. The Morgan fingerprint density at radius 2 is 2.26 bits per heavy atom. The van der Waals surface area contributed by atoms with Crippen molar-refractivity contribution in [1.29, 1.82) is 0 Å². The minimum atomic E-state index is -0.101. The summed E-state index contributed by atoms with van der Waals surface area (Å²) >= 11 is 6.05. The molecular formula is C16H20ClNO. The lowest BCUT2D eigenvalue weighted by Gasteiger charge is -2.31. The lowest BCUT2D eigenvalue weighted by Crippen LogP contribution is -2.38. The summed E-state index contributed by atoms with van der Waals surface area (Å²) in [7, 11) is 0. The summed E-state index contributed by atoms with van der Waals surface area (Å²) in [4.78, 5) is 13.9. The maximum atomic E-state index is 12.0. The second-order valence-electron chi connectivity index (χ2n) is 5.87. The highest BCUT2D eigenvalue weighted by Gasteiger charge is 2.32. The molecule has 1 heterocycles. The van der Waals surface area contributed by atoms with Crippen molar-refractivity contribution < 1.29 is 4.79 Å². The SMILES string of the molecule is C=CC1CC(=O)N(CC(C)(C)c2cccc(Cl)c2)C1. The summed E-state index contributed by atoms with van der Waals surface area (Å²) < 4.78 is 0. The highest BCUT2D eigenvalue weighted by molar-refractivity contribution is 6.30. The van der Waals surface area contributed by atoms with Gasteiger partial charge in [0.2, 0.25) is 5.91 Å². The Kier molecular flexibility index (Phi) is 4.00. The van der Waals surface area contributed by atoms with E-state index in [2.05, 4.69) is 26.5 Å². The van der Waals surface area contributed by atoms with Gasteiger partial charge in [-0.15, -0.1) is 6.58 Å². The largest absolute Gasteiger partial charge is 0.341 e. The number of halogens is 1. The Morgan fingerprint density at radius 3 is 2.84 bits per heavy atom. The number of rotatable bonds is 4. The summed E-state index contributed by atoms with van der Waals surface area (Å²) in [5.74, 6) is 0.516. The van der Waals surface area contributed by atoms with E-state index < -0.39 is 0 Å². The van der Waals surface area contributed by atoms with Gasteiger partial charge < -0.3 is 4.90 Å². The van der Waals surface area contributed by atoms with Crippen molar-refractivity contribution in [3.8, 4) is 0 Å². The van der Waals surface area contributed by atoms with E-state index in [0.29, 0.717) is 12.3 Å². The van der Waals surface area contributed by atoms with E-state index in [1.54, 1.807) is 0 Å². The van der Waals surface area contributed by atoms with Gasteiger partial charge in [-0.1, -0.05) is 43.7 Å². The fraction of sp³-hybridized carbons (Fsp3) is 0.438. The average molecular weight is 278 g/mol. The molecule has 0 radical (unpaired) electrons. The van der Waals surface area contributed by atoms with Crippen LogP contribution in [0.15, 0.2) is 36.9 Å². The molecule has 0 aromatic heterocycles. The van der Waals surface area contributed by atoms with E-state index in [4.69, 9.17) is 11.6 Å². The van der Waals surface area contributed by atoms with Crippen LogP contribution in [-0.4, -0.2) is 23.9 Å². The number of amides is 1. The maximum Gasteiger partial charge on any atom is 0.223 e. The molecule has 1 saturated heterocycles. The molecule has 1 atom stereocenters. The van der Waals surface area contributed by atoms with Gasteiger partial charge in [0.1, 0.15) is 0 Å². The number of hydrogen-bond acceptors (Lipinski definition) is 1. The Hall–Kier alpha value is -1.28. The second kappa shape index (κ2) is 5.38. The van der Waals surface area contributed by atoms with E-state index in [1.807, 2.05) is 29.2 Å². The summed E-state index contributed by atoms with van der Waals surface area (Å²) in [6.45, 7) is 9.58. The van der Waals surface area contributed by atoms with Gasteiger partial charge in [0, 0.05) is 35.9 Å². The molecule has 2 nitrogen and oxygen atoms in total. The van der Waals surface area contributed by atoms with Crippen molar-refractivity contribution in [3.05, 3.63) is 47.5 Å². The topological polar surface area (TPSA) is 20.3 Å². The number of nitrogens with zero attached hydrogens (tertiary/aromatic N) is 1. The van der Waals surface area contributed by atoms with Gasteiger partial charge in [-0.3, -0.25) is 4.79 Å². The third kappa shape index (κ3) is 3.19. The summed E-state index contributed by atoms with van der Waals surface area (Å²) in [5, 5.41) is 0.738. The molecule has 0 saturated carbocycles. The summed E-state index contributed by atoms with van der Waals surface area (Å²) in [6, 6.07) is 7.87. The zero-order chi connectivity index (χ0) is 14.0. The average Bonchev–Trinajstić information content (AvgIpc) is 2.70. The van der Waals surface area contributed by atoms with Crippen LogP contribution < -0.4 is 0 Å². The Labute approximate surface area is 120 Å². The minimum Gasteiger partial charge on any atom is -0.341 e. The van der Waals surface area contributed by atoms with Crippen LogP contribution >= 0.6 is 11.6 Å². The predicted octanol–water partition coefficient (Wildman–Crippen LogP) is 3.65. The molecule has 1 aliphatic rings. The first-order chi connectivity index (χ1) is 8.92. The molecule has 2 rings (SSSR count). The van der Waals surface area contributed by atoms with Crippen molar-refractivity contribution in [2.75, 3.05) is 13.1 Å². The zero-order valence-electron chi connectivity index (χ0n) is 11.5. The van der Waals surface area contributed by atoms with Gasteiger partial charge >= 0.3 is 0 Å². The number of carbonyl (C=O) groups is 1. The van der Waals surface area contributed by atoms with Gasteiger partial charge in [0.15, 0.2) is 0 Å². The first-order valence-corrected chi connectivity index (χ1v) is 6.96. The molecule has 1 fully saturated rings. The van der Waals surface area contributed by atoms with Crippen LogP contribution in [0.4, 0.5) is 0 Å². The Balaban J connectivity index is 2.13. The fourth-order valence-electron chi connectivity index (χ4n) is 2.59. The third-order valence-electron chi connectivity index (χ3n) is 3.77. The van der Waals surface area contributed by atoms with E-state index in [1.165, 1.54) is 0 Å². The fourth-order valence-corrected chi connectivity index (χ4v) is 2.78. The molecule has 3 heteroatoms. The highest BCUT2D eigenvalue weighted by Crippen LogP contribution is 2.29. The molecule has 19 heavy (non-hydrogen) atoms. The monoisotopic (exact) mass is 277 g/mol. The maximum absolute atomic E-state index is 12.0. The van der Waals surface area contributed by atoms with Gasteiger partial charge in [-0.25, -0.2) is 0 Å². The normalized spacial score (nSPS) is 19.8. The quantitative estimate of drug-likeness (QED) is 0.769. The molecule has 1 unspecified atom stereocenters. The lowest BCUT2D eigenvalue weighted by atomic mass is 9.84. The smallest absolute Gasteiger partial charge is 0.223 e. The molecule has 0 aliphatic carbocycles. The van der Waals surface area contributed by atoms with Crippen LogP contribution in [0.2, 0.25) is 5.02 Å². The van der Waals surface area contributed by atoms with Gasteiger partial charge in [-0.2, -0.15) is 0 Å². The number of likely N-dealkylation sites (tertiary alicyclic amines) is 1. The van der Waals surface area contributed by atoms with Crippen molar-refractivity contribution >= 4 is 17.5 Å². The number of benzene rings is 1. The van der Waals surface area contributed by atoms with Crippen molar-refractivity contribution in [3.63, 3.8) is 0 Å². The van der Waals surface area contributed by atoms with E-state index in [-0.39, 0.29) is 11.3 Å². The van der Waals surface area contributed by atoms with Crippen LogP contribution in [-0.2, 0) is 10.2 Å². The van der Waals surface area contributed by atoms with Crippen LogP contribution in [0, 0.1) is 5.92 Å². The molecule has 0 N–H and O–H groups in total. The van der Waals surface area contributed by atoms with Crippen LogP contribution in [0.5, 0.6) is 0 Å². The van der Waals surface area contributed by atoms with Crippen molar-refractivity contribution in [2.24, 2.45) is 5.92 Å². The third-order valence-corrected chi connectivity index (χ3v) is 4.01. The molecular weight excluding hydrogens is 258 g/mol. The molecule has 1 amide bonds. The van der Waals surface area contributed by atoms with E-state index >= 15 is 0 Å². The predicted molar refractivity (Wildman–Crippen MR) is 79.4 cm³/mol. The summed E-state index contributed by atoms with van der Waals surface area (Å²) in [5.41, 5.74) is 1.06. The molecule has 0 spiro atoms. The Morgan fingerprint density at radius 1 is 1.53 bits per heavy atom. The number of hydrogen-bond donors (Lipinski definition) is 0. The molecule has 1 aromatic rings. The van der Waals surface area contributed by atoms with Gasteiger partial charge in [0.25, 0.3) is 0 Å². The second-order valence-corrected chi connectivity index (χ2v) is 6.30.